The molecule has 0 unspecified atom stereocenters. The lowest BCUT2D eigenvalue weighted by molar-refractivity contribution is 0.0933. The third kappa shape index (κ3) is 2.17. The summed E-state index contributed by atoms with van der Waals surface area (Å²) in [6, 6.07) is 1.38. The van der Waals surface area contributed by atoms with Crippen LogP contribution in [-0.2, 0) is 0 Å². The summed E-state index contributed by atoms with van der Waals surface area (Å²) in [6.45, 7) is 5.45. The lowest BCUT2D eigenvalue weighted by atomic mass is 9.94. The summed E-state index contributed by atoms with van der Waals surface area (Å²) in [5.74, 6) is -0.363. The maximum absolute atomic E-state index is 11.9. The largest absolute Gasteiger partial charge is 0.506 e. The number of carbonyl (C=O) groups is 2. The summed E-state index contributed by atoms with van der Waals surface area (Å²) in [7, 11) is 0. The Bertz CT molecular complexity index is 597. The number of phenolic OH excluding ortho intramolecular Hbond substituents is 1. The van der Waals surface area contributed by atoms with Crippen LogP contribution < -0.4 is 4.74 Å². The summed E-state index contributed by atoms with van der Waals surface area (Å²) in [6.07, 6.45) is 4.70. The number of benzene rings is 1. The van der Waals surface area contributed by atoms with Crippen LogP contribution in [0.25, 0.3) is 6.08 Å². The number of aromatic hydroxyl groups is 1. The number of Topliss-reactive ketones (excluding diaryl/α,β-unsaturated/α-hetero) is 1. The van der Waals surface area contributed by atoms with Gasteiger partial charge in [0.25, 0.3) is 0 Å². The maximum Gasteiger partial charge on any atom is 0.189 e. The monoisotopic (exact) mass is 258 g/mol. The molecule has 1 aliphatic heterocycles. The van der Waals surface area contributed by atoms with Crippen molar-refractivity contribution in [3.63, 3.8) is 0 Å². The minimum absolute atomic E-state index is 0.0701. The van der Waals surface area contributed by atoms with Gasteiger partial charge in [0.15, 0.2) is 11.6 Å². The summed E-state index contributed by atoms with van der Waals surface area (Å²) in [5, 5.41) is 10.2. The lowest BCUT2D eigenvalue weighted by Gasteiger charge is -2.20. The molecule has 0 saturated carbocycles. The van der Waals surface area contributed by atoms with Crippen LogP contribution in [0.3, 0.4) is 0 Å². The van der Waals surface area contributed by atoms with E-state index in [1.165, 1.54) is 6.07 Å². The minimum atomic E-state index is -0.426. The molecular formula is C15H14O4. The van der Waals surface area contributed by atoms with Crippen molar-refractivity contribution < 1.29 is 19.4 Å². The van der Waals surface area contributed by atoms with Gasteiger partial charge in [0, 0.05) is 6.42 Å². The molecule has 0 bridgehead atoms. The molecule has 1 heterocycles. The molecule has 0 aliphatic carbocycles. The van der Waals surface area contributed by atoms with Crippen LogP contribution in [0.1, 0.15) is 39.6 Å². The fraction of sp³-hybridized carbons (Fsp3) is 0.200. The molecule has 4 nitrogen and oxygen atoms in total. The van der Waals surface area contributed by atoms with Crippen molar-refractivity contribution in [3.05, 3.63) is 41.5 Å². The number of fused-ring (bicyclic) bond motifs is 1. The second-order valence-electron chi connectivity index (χ2n) is 4.15. The molecule has 0 aromatic heterocycles. The first-order valence-electron chi connectivity index (χ1n) is 5.95. The molecule has 2 rings (SSSR count). The molecule has 0 fully saturated rings. The molecule has 0 amide bonds. The molecule has 19 heavy (non-hydrogen) atoms. The molecule has 0 radical (unpaired) electrons. The van der Waals surface area contributed by atoms with Crippen molar-refractivity contribution in [1.82, 2.24) is 0 Å². The van der Waals surface area contributed by atoms with Crippen molar-refractivity contribution in [3.8, 4) is 11.5 Å². The molecular weight excluding hydrogens is 244 g/mol. The van der Waals surface area contributed by atoms with Crippen LogP contribution >= 0.6 is 0 Å². The summed E-state index contributed by atoms with van der Waals surface area (Å²) in [5.41, 5.74) is 0.765. The number of allylic oxidation sites excluding steroid dienone is 2. The standard InChI is InChI=1S/C15H14O4/c1-3-5-9-14(18)10(12(16)4-2)8-11-13(17)6-7-19-15(9)11/h3-5,8,18H,2,6-7H2,1H3/b5-3-. The Kier molecular flexibility index (Phi) is 3.51. The molecule has 1 N–H and O–H groups in total. The van der Waals surface area contributed by atoms with E-state index in [9.17, 15) is 14.7 Å². The van der Waals surface area contributed by atoms with Crippen LogP contribution in [0.5, 0.6) is 11.5 Å². The van der Waals surface area contributed by atoms with Gasteiger partial charge in [-0.3, -0.25) is 9.59 Å². The van der Waals surface area contributed by atoms with Gasteiger partial charge in [0.1, 0.15) is 11.5 Å². The summed E-state index contributed by atoms with van der Waals surface area (Å²) >= 11 is 0. The number of ether oxygens (including phenoxy) is 1. The third-order valence-electron chi connectivity index (χ3n) is 2.95. The van der Waals surface area contributed by atoms with Crippen molar-refractivity contribution >= 4 is 17.6 Å². The molecule has 98 valence electrons. The van der Waals surface area contributed by atoms with Gasteiger partial charge < -0.3 is 9.84 Å². The average Bonchev–Trinajstić information content (AvgIpc) is 2.41. The molecule has 0 atom stereocenters. The Morgan fingerprint density at radius 3 is 2.89 bits per heavy atom. The van der Waals surface area contributed by atoms with Gasteiger partial charge in [-0.25, -0.2) is 0 Å². The van der Waals surface area contributed by atoms with E-state index in [1.807, 2.05) is 0 Å². The zero-order valence-corrected chi connectivity index (χ0v) is 10.6. The Morgan fingerprint density at radius 2 is 2.26 bits per heavy atom. The topological polar surface area (TPSA) is 63.6 Å². The fourth-order valence-corrected chi connectivity index (χ4v) is 2.04. The fourth-order valence-electron chi connectivity index (χ4n) is 2.04. The van der Waals surface area contributed by atoms with Crippen LogP contribution in [0.2, 0.25) is 0 Å². The lowest BCUT2D eigenvalue weighted by Crippen LogP contribution is -2.17. The second-order valence-corrected chi connectivity index (χ2v) is 4.15. The van der Waals surface area contributed by atoms with Crippen LogP contribution in [0.15, 0.2) is 24.8 Å². The van der Waals surface area contributed by atoms with Gasteiger partial charge in [-0.1, -0.05) is 18.7 Å². The Balaban J connectivity index is 2.77. The first-order chi connectivity index (χ1) is 9.10. The van der Waals surface area contributed by atoms with Gasteiger partial charge in [-0.15, -0.1) is 0 Å². The molecule has 0 saturated heterocycles. The van der Waals surface area contributed by atoms with Crippen LogP contribution in [-0.4, -0.2) is 23.3 Å². The first-order valence-corrected chi connectivity index (χ1v) is 5.95. The number of hydrogen-bond donors (Lipinski definition) is 1. The summed E-state index contributed by atoms with van der Waals surface area (Å²) in [4.78, 5) is 23.6. The van der Waals surface area contributed by atoms with E-state index >= 15 is 0 Å². The Hall–Kier alpha value is -2.36. The maximum atomic E-state index is 11.9. The Morgan fingerprint density at radius 1 is 1.53 bits per heavy atom. The molecule has 4 heteroatoms. The second kappa shape index (κ2) is 5.10. The van der Waals surface area contributed by atoms with E-state index < -0.39 is 5.78 Å². The van der Waals surface area contributed by atoms with Gasteiger partial charge in [-0.2, -0.15) is 0 Å². The van der Waals surface area contributed by atoms with Crippen LogP contribution in [0, 0.1) is 0 Å². The van der Waals surface area contributed by atoms with E-state index in [0.717, 1.165) is 6.08 Å². The first kappa shape index (κ1) is 13.1. The Labute approximate surface area is 111 Å². The highest BCUT2D eigenvalue weighted by Crippen LogP contribution is 2.39. The number of carbonyl (C=O) groups excluding carboxylic acids is 2. The van der Waals surface area contributed by atoms with Crippen molar-refractivity contribution in [2.24, 2.45) is 0 Å². The summed E-state index contributed by atoms with van der Waals surface area (Å²) < 4.78 is 5.46. The normalized spacial score (nSPS) is 14.1. The van der Waals surface area contributed by atoms with Crippen LogP contribution in [0.4, 0.5) is 0 Å². The third-order valence-corrected chi connectivity index (χ3v) is 2.95. The predicted octanol–water partition coefficient (Wildman–Crippen LogP) is 2.76. The predicted molar refractivity (Wildman–Crippen MR) is 71.8 cm³/mol. The number of rotatable bonds is 3. The molecule has 1 aliphatic rings. The number of phenols is 1. The molecule has 1 aromatic rings. The van der Waals surface area contributed by atoms with Crippen molar-refractivity contribution in [1.29, 1.82) is 0 Å². The minimum Gasteiger partial charge on any atom is -0.506 e. The highest BCUT2D eigenvalue weighted by atomic mass is 16.5. The average molecular weight is 258 g/mol. The molecule has 1 aromatic carbocycles. The van der Waals surface area contributed by atoms with Gasteiger partial charge in [0.05, 0.1) is 23.3 Å². The quantitative estimate of drug-likeness (QED) is 0.668. The molecule has 0 spiro atoms. The zero-order valence-electron chi connectivity index (χ0n) is 10.6. The smallest absolute Gasteiger partial charge is 0.189 e. The van der Waals surface area contributed by atoms with E-state index in [-0.39, 0.29) is 30.1 Å². The highest BCUT2D eigenvalue weighted by Gasteiger charge is 2.26. The number of hydrogen-bond acceptors (Lipinski definition) is 4. The number of ketones is 2. The van der Waals surface area contributed by atoms with Gasteiger partial charge in [-0.05, 0) is 19.1 Å². The highest BCUT2D eigenvalue weighted by molar-refractivity contribution is 6.10. The van der Waals surface area contributed by atoms with Gasteiger partial charge in [0.2, 0.25) is 0 Å². The van der Waals surface area contributed by atoms with E-state index in [1.54, 1.807) is 19.1 Å². The van der Waals surface area contributed by atoms with Crippen molar-refractivity contribution in [2.45, 2.75) is 13.3 Å². The van der Waals surface area contributed by atoms with E-state index in [0.29, 0.717) is 16.9 Å². The SMILES string of the molecule is C=CC(=O)c1cc2c(c(/C=C\C)c1O)OCCC2=O. The van der Waals surface area contributed by atoms with E-state index in [4.69, 9.17) is 4.74 Å². The van der Waals surface area contributed by atoms with E-state index in [2.05, 4.69) is 6.58 Å². The van der Waals surface area contributed by atoms with Crippen molar-refractivity contribution in [2.75, 3.05) is 6.61 Å². The van der Waals surface area contributed by atoms with Gasteiger partial charge >= 0.3 is 0 Å². The zero-order chi connectivity index (χ0) is 14.0.